The van der Waals surface area contributed by atoms with Crippen LogP contribution in [-0.2, 0) is 52.5 Å². The third kappa shape index (κ3) is 23.9. The molecule has 614 valence electrons. The Labute approximate surface area is 709 Å². The second kappa shape index (κ2) is 42.0. The Hall–Kier alpha value is -8.90. The summed E-state index contributed by atoms with van der Waals surface area (Å²) in [6, 6.07) is 33.8. The van der Waals surface area contributed by atoms with E-state index >= 15 is 0 Å². The molecule has 5 aliphatic heterocycles. The van der Waals surface area contributed by atoms with Crippen molar-refractivity contribution in [2.24, 2.45) is 23.7 Å². The number of halogens is 10. The number of imide groups is 2. The quantitative estimate of drug-likeness (QED) is 0.0132. The number of amides is 4. The molecule has 8 aromatic rings. The SMILES string of the molecule is C.C1CCOC1.CCCC(C)C#Cc1cc2c3c(cccc3c1)C(=O)N(O)C2=O.CCCC(C)C#Cc1cc2c3c(cccc3c1)C(=O)N(OS(=O)(=O)C(F)(F)F)C2=O.CCCC(C)C#Cc1cc2c3c(cccc3c1)C(=O)OC2=O.NO.O=C1OC(=O)c2cc(Br)cc3cccc1c23.O=S(=O)(OS(=O)(=O)C(F)(F)F)C(F)(F)F.[K+].[OH-]. The van der Waals surface area contributed by atoms with E-state index in [1.165, 1.54) is 31.0 Å². The van der Waals surface area contributed by atoms with Gasteiger partial charge in [0.05, 0.1) is 44.5 Å². The average molecular weight is 1780 g/mol. The summed E-state index contributed by atoms with van der Waals surface area (Å²) >= 11 is 3.32. The van der Waals surface area contributed by atoms with E-state index in [-0.39, 0.29) is 103 Å². The number of nitrogens with zero attached hydrogens (tertiary/aromatic N) is 2. The molecule has 0 spiro atoms. The van der Waals surface area contributed by atoms with Crippen molar-refractivity contribution in [3.05, 3.63) is 187 Å². The average Bonchev–Trinajstić information content (AvgIpc) is 0.808. The van der Waals surface area contributed by atoms with Crippen LogP contribution in [0.5, 0.6) is 0 Å². The predicted octanol–water partition coefficient (Wildman–Crippen LogP) is 12.8. The standard InChI is InChI=1S/C20H16F3NO5S.C19H17NO3.C19H16O3.C12H5BrO3.C4H8O.C2F6O5S2.CH4.K.H3NO.H2O/c1-3-5-12(2)8-9-13-10-14-6-4-7-15-17(14)16(11-13)19(26)24(18(15)25)29-30(27,28)20(21,22)23;1-3-5-12(2)8-9-13-10-14-6-4-7-15-17(14)16(11-13)19(22)20(23)18(15)21;1-3-5-12(2)8-9-13-10-14-6-4-7-15-17(14)16(11-13)19(21)22-18(15)20;13-7-4-6-2-1-3-8-10(6)9(5-7)12(15)16-11(8)14;1-2-4-5-3-1;3-1(4,5)14(9,10)13-15(11,12)2(6,7)8;;;1-2;/h4,6-7,10-12H,3,5H2,1-2H3;4,6-7,10-12,23H,3,5H2,1-2H3;4,6-7,10-12H,3,5H2,1-2H3;1-5H;1-4H2;;1H4;;2H,1H2;1H2/q;;;;;;;+1;;/p-1. The molecule has 1 saturated heterocycles. The number of esters is 4. The number of benzene rings is 8. The van der Waals surface area contributed by atoms with Crippen LogP contribution >= 0.6 is 15.9 Å². The Kier molecular flexibility index (Phi) is 36.0. The Morgan fingerprint density at radius 3 is 1.09 bits per heavy atom. The van der Waals surface area contributed by atoms with Crippen LogP contribution in [-0.4, -0.2) is 129 Å². The van der Waals surface area contributed by atoms with Gasteiger partial charge in [0, 0.05) is 73.7 Å². The maximum Gasteiger partial charge on any atom is 1.00 e. The summed E-state index contributed by atoms with van der Waals surface area (Å²) in [6.45, 7) is 14.4. The third-order valence-corrected chi connectivity index (χ3v) is 20.3. The number of hydrogen-bond donors (Lipinski definition) is 3. The van der Waals surface area contributed by atoms with E-state index in [9.17, 15) is 108 Å². The van der Waals surface area contributed by atoms with Crippen molar-refractivity contribution in [1.82, 2.24) is 10.1 Å². The molecular weight excluding hydrogens is 1710 g/mol. The normalized spacial score (nSPS) is 14.5. The summed E-state index contributed by atoms with van der Waals surface area (Å²) in [5.41, 5.74) is -14.4. The van der Waals surface area contributed by atoms with Gasteiger partial charge in [-0.05, 0) is 126 Å². The number of cyclic esters (lactones) is 4. The Morgan fingerprint density at radius 2 is 0.750 bits per heavy atom. The van der Waals surface area contributed by atoms with Gasteiger partial charge >= 0.3 is 122 Å². The van der Waals surface area contributed by atoms with Gasteiger partial charge in [-0.2, -0.15) is 64.8 Å². The first-order chi connectivity index (χ1) is 53.0. The van der Waals surface area contributed by atoms with Crippen LogP contribution in [0.2, 0.25) is 0 Å². The van der Waals surface area contributed by atoms with Crippen molar-refractivity contribution < 1.29 is 193 Å². The van der Waals surface area contributed by atoms with E-state index < -0.39 is 94.4 Å². The van der Waals surface area contributed by atoms with E-state index in [0.29, 0.717) is 72.0 Å². The van der Waals surface area contributed by atoms with Crippen LogP contribution in [0.25, 0.3) is 43.1 Å². The van der Waals surface area contributed by atoms with Gasteiger partial charge < -0.3 is 24.9 Å². The molecule has 13 rings (SSSR count). The number of alkyl halides is 9. The minimum absolute atomic E-state index is 0. The van der Waals surface area contributed by atoms with Crippen molar-refractivity contribution in [1.29, 1.82) is 0 Å². The van der Waals surface area contributed by atoms with Gasteiger partial charge in [0.15, 0.2) is 0 Å². The summed E-state index contributed by atoms with van der Waals surface area (Å²) in [5, 5.41) is 21.1. The molecule has 39 heteroatoms. The Balaban J connectivity index is 0.000000302. The Bertz CT molecular complexity index is 5640. The van der Waals surface area contributed by atoms with Crippen molar-refractivity contribution in [2.75, 3.05) is 13.2 Å². The van der Waals surface area contributed by atoms with Gasteiger partial charge in [-0.1, -0.05) is 168 Å². The zero-order valence-corrected chi connectivity index (χ0v) is 68.6. The minimum atomic E-state index is -6.85. The number of nitrogens with two attached hydrogens (primary N) is 1. The molecule has 0 aromatic heterocycles. The molecule has 3 unspecified atom stereocenters. The molecule has 0 saturated carbocycles. The van der Waals surface area contributed by atoms with Crippen molar-refractivity contribution in [3.63, 3.8) is 0 Å². The van der Waals surface area contributed by atoms with E-state index in [2.05, 4.69) is 94.1 Å². The second-order valence-corrected chi connectivity index (χ2v) is 30.6. The predicted molar refractivity (Wildman–Crippen MR) is 400 cm³/mol. The molecule has 25 nitrogen and oxygen atoms in total. The third-order valence-electron chi connectivity index (χ3n) is 16.4. The second-order valence-electron chi connectivity index (χ2n) is 24.9. The van der Waals surface area contributed by atoms with Crippen LogP contribution < -0.4 is 57.3 Å². The summed E-state index contributed by atoms with van der Waals surface area (Å²) in [6.07, 6.45) is 8.59. The molecule has 1 fully saturated rings. The van der Waals surface area contributed by atoms with Gasteiger partial charge in [-0.3, -0.25) is 24.4 Å². The first-order valence-electron chi connectivity index (χ1n) is 33.6. The zero-order valence-electron chi connectivity index (χ0n) is 61.4. The molecular formula is C77H70BrF9KN3O22S3. The zero-order chi connectivity index (χ0) is 84.0. The number of hydroxylamine groups is 4. The molecule has 4 amide bonds. The fourth-order valence-corrected chi connectivity index (χ4v) is 13.8. The van der Waals surface area contributed by atoms with Gasteiger partial charge in [0.25, 0.3) is 23.6 Å². The van der Waals surface area contributed by atoms with Crippen LogP contribution in [0.15, 0.2) is 126 Å². The summed E-state index contributed by atoms with van der Waals surface area (Å²) in [7, 11) is -19.9. The monoisotopic (exact) mass is 1770 g/mol. The molecule has 5 heterocycles. The summed E-state index contributed by atoms with van der Waals surface area (Å²) in [4.78, 5) is 96.3. The summed E-state index contributed by atoms with van der Waals surface area (Å²) in [5.74, 6) is 16.4. The first kappa shape index (κ1) is 99.5. The molecule has 5 N–H and O–H groups in total. The van der Waals surface area contributed by atoms with Crippen LogP contribution in [0, 0.1) is 53.3 Å². The number of hydrogen-bond acceptors (Lipinski definition) is 23. The summed E-state index contributed by atoms with van der Waals surface area (Å²) < 4.78 is 190. The van der Waals surface area contributed by atoms with Gasteiger partial charge in [0.2, 0.25) is 0 Å². The maximum absolute atomic E-state index is 12.7. The molecule has 8 aromatic carbocycles. The van der Waals surface area contributed by atoms with Crippen LogP contribution in [0.4, 0.5) is 39.5 Å². The minimum Gasteiger partial charge on any atom is -0.870 e. The molecule has 0 bridgehead atoms. The molecule has 116 heavy (non-hydrogen) atoms. The van der Waals surface area contributed by atoms with E-state index in [1.807, 2.05) is 53.9 Å². The van der Waals surface area contributed by atoms with E-state index in [0.717, 1.165) is 77.9 Å². The van der Waals surface area contributed by atoms with Crippen LogP contribution in [0.3, 0.4) is 0 Å². The smallest absolute Gasteiger partial charge is 0.870 e. The largest absolute Gasteiger partial charge is 1.00 e. The van der Waals surface area contributed by atoms with Crippen molar-refractivity contribution in [3.8, 4) is 35.5 Å². The van der Waals surface area contributed by atoms with Crippen molar-refractivity contribution >= 4 is 137 Å². The number of carbonyl (C=O) groups excluding carboxylic acids is 8. The molecule has 3 atom stereocenters. The number of ether oxygens (including phenoxy) is 3. The maximum atomic E-state index is 12.7. The van der Waals surface area contributed by atoms with Gasteiger partial charge in [-0.15, -0.1) is 18.0 Å². The molecule has 0 radical (unpaired) electrons. The van der Waals surface area contributed by atoms with E-state index in [4.69, 9.17) is 14.7 Å². The number of rotatable bonds is 10. The first-order valence-corrected chi connectivity index (χ1v) is 38.6. The Morgan fingerprint density at radius 1 is 0.457 bits per heavy atom. The van der Waals surface area contributed by atoms with Gasteiger partial charge in [0.1, 0.15) is 0 Å². The van der Waals surface area contributed by atoms with Crippen LogP contribution in [0.1, 0.15) is 200 Å². The molecule has 5 aliphatic rings. The van der Waals surface area contributed by atoms with Gasteiger partial charge in [-0.25, -0.2) is 25.1 Å². The van der Waals surface area contributed by atoms with Crippen molar-refractivity contribution in [2.45, 2.75) is 117 Å². The fraction of sp³-hybridized carbons (Fsp3) is 0.299. The molecule has 0 aliphatic carbocycles. The number of carbonyl (C=O) groups is 8. The van der Waals surface area contributed by atoms with E-state index in [1.54, 1.807) is 66.7 Å². The topological polar surface area (TPSA) is 388 Å². The fourth-order valence-electron chi connectivity index (χ4n) is 11.3.